The average Bonchev–Trinajstić information content (AvgIpc) is 2.37. The molecule has 0 radical (unpaired) electrons. The van der Waals surface area contributed by atoms with Crippen molar-refractivity contribution in [2.45, 2.75) is 13.0 Å². The monoisotopic (exact) mass is 230 g/mol. The maximum absolute atomic E-state index is 11.0. The van der Waals surface area contributed by atoms with Crippen molar-refractivity contribution in [2.24, 2.45) is 5.73 Å². The average molecular weight is 230 g/mol. The highest BCUT2D eigenvalue weighted by molar-refractivity contribution is 7.82. The first kappa shape index (κ1) is 10.1. The first-order valence-corrected chi connectivity index (χ1v) is 5.56. The van der Waals surface area contributed by atoms with Gasteiger partial charge in [0.25, 0.3) is 0 Å². The Bertz CT molecular complexity index is 510. The predicted molar refractivity (Wildman–Crippen MR) is 53.6 cm³/mol. The quantitative estimate of drug-likeness (QED) is 0.672. The second kappa shape index (κ2) is 3.01. The molecule has 0 aromatic heterocycles. The molecule has 0 spiro atoms. The van der Waals surface area contributed by atoms with Crippen molar-refractivity contribution in [1.82, 2.24) is 0 Å². The van der Waals surface area contributed by atoms with E-state index in [-0.39, 0.29) is 11.5 Å². The highest BCUT2D eigenvalue weighted by Gasteiger charge is 2.32. The minimum Gasteiger partial charge on any atom is -0.398 e. The van der Waals surface area contributed by atoms with Gasteiger partial charge in [-0.3, -0.25) is 0 Å². The Morgan fingerprint density at radius 2 is 2.00 bits per heavy atom. The van der Waals surface area contributed by atoms with Gasteiger partial charge in [0, 0.05) is 17.3 Å². The Morgan fingerprint density at radius 1 is 1.33 bits per heavy atom. The summed E-state index contributed by atoms with van der Waals surface area (Å²) in [5.74, 6) is 0.210. The number of hydrogen-bond acceptors (Lipinski definition) is 6. The molecule has 1 heterocycles. The predicted octanol–water partition coefficient (Wildman–Crippen LogP) is 0.305. The molecule has 6 nitrogen and oxygen atoms in total. The molecule has 4 N–H and O–H groups in total. The zero-order chi connectivity index (χ0) is 11.2. The molecular weight excluding hydrogens is 220 g/mol. The Morgan fingerprint density at radius 3 is 2.60 bits per heavy atom. The number of nitrogen functional groups attached to an aromatic ring is 1. The molecule has 0 aliphatic carbocycles. The summed E-state index contributed by atoms with van der Waals surface area (Å²) in [6, 6.07) is 2.53. The number of hydrogen-bond donors (Lipinski definition) is 2. The van der Waals surface area contributed by atoms with Crippen molar-refractivity contribution in [2.75, 3.05) is 5.73 Å². The van der Waals surface area contributed by atoms with E-state index in [1.165, 1.54) is 12.1 Å². The van der Waals surface area contributed by atoms with Gasteiger partial charge in [-0.2, -0.15) is 0 Å². The van der Waals surface area contributed by atoms with Crippen LogP contribution in [0.3, 0.4) is 0 Å². The zero-order valence-electron chi connectivity index (χ0n) is 7.93. The maximum Gasteiger partial charge on any atom is 0.501 e. The van der Waals surface area contributed by atoms with E-state index in [0.717, 1.165) is 0 Å². The molecule has 7 heteroatoms. The molecule has 0 saturated carbocycles. The molecule has 15 heavy (non-hydrogen) atoms. The van der Waals surface area contributed by atoms with Gasteiger partial charge in [-0.1, -0.05) is 0 Å². The van der Waals surface area contributed by atoms with E-state index in [1.807, 2.05) is 0 Å². The van der Waals surface area contributed by atoms with Crippen LogP contribution in [0.4, 0.5) is 5.69 Å². The van der Waals surface area contributed by atoms with E-state index < -0.39 is 16.4 Å². The van der Waals surface area contributed by atoms with Crippen molar-refractivity contribution >= 4 is 16.1 Å². The van der Waals surface area contributed by atoms with E-state index in [0.29, 0.717) is 11.3 Å². The maximum atomic E-state index is 11.0. The minimum absolute atomic E-state index is 0.0880. The van der Waals surface area contributed by atoms with Gasteiger partial charge in [0.1, 0.15) is 0 Å². The molecule has 1 aliphatic heterocycles. The molecule has 0 saturated heterocycles. The van der Waals surface area contributed by atoms with Gasteiger partial charge in [-0.25, -0.2) is 0 Å². The fourth-order valence-electron chi connectivity index (χ4n) is 1.45. The molecule has 1 aliphatic rings. The molecule has 1 aromatic carbocycles. The summed E-state index contributed by atoms with van der Waals surface area (Å²) >= 11 is 0. The lowest BCUT2D eigenvalue weighted by atomic mass is 10.1. The summed E-state index contributed by atoms with van der Waals surface area (Å²) in [7, 11) is -3.99. The fraction of sp³-hybridized carbons (Fsp3) is 0.250. The molecule has 1 atom stereocenters. The van der Waals surface area contributed by atoms with Gasteiger partial charge in [-0.15, -0.1) is 8.42 Å². The number of anilines is 1. The van der Waals surface area contributed by atoms with Crippen LogP contribution in [0.2, 0.25) is 0 Å². The van der Waals surface area contributed by atoms with Gasteiger partial charge in [0.05, 0.1) is 0 Å². The molecular formula is C8H10N2O4S. The van der Waals surface area contributed by atoms with Crippen LogP contribution in [-0.2, 0) is 10.4 Å². The molecule has 1 aromatic rings. The van der Waals surface area contributed by atoms with E-state index in [9.17, 15) is 8.42 Å². The highest BCUT2D eigenvalue weighted by Crippen LogP contribution is 2.43. The van der Waals surface area contributed by atoms with Gasteiger partial charge < -0.3 is 19.8 Å². The van der Waals surface area contributed by atoms with E-state index in [4.69, 9.17) is 11.5 Å². The Hall–Kier alpha value is -1.47. The third kappa shape index (κ3) is 1.59. The largest absolute Gasteiger partial charge is 0.501 e. The number of nitrogens with two attached hydrogens (primary N) is 2. The van der Waals surface area contributed by atoms with Gasteiger partial charge in [0.2, 0.25) is 0 Å². The van der Waals surface area contributed by atoms with E-state index in [2.05, 4.69) is 8.37 Å². The lowest BCUT2D eigenvalue weighted by Crippen LogP contribution is -2.11. The van der Waals surface area contributed by atoms with Crippen LogP contribution in [0.1, 0.15) is 18.5 Å². The normalized spacial score (nSPS) is 18.8. The molecule has 1 unspecified atom stereocenters. The third-order valence-electron chi connectivity index (χ3n) is 2.03. The van der Waals surface area contributed by atoms with Crippen LogP contribution < -0.4 is 19.8 Å². The summed E-state index contributed by atoms with van der Waals surface area (Å²) in [4.78, 5) is 0. The summed E-state index contributed by atoms with van der Waals surface area (Å²) in [6.07, 6.45) is 0. The van der Waals surface area contributed by atoms with Crippen molar-refractivity contribution in [3.8, 4) is 11.5 Å². The highest BCUT2D eigenvalue weighted by atomic mass is 32.3. The fourth-order valence-corrected chi connectivity index (χ4v) is 2.21. The summed E-state index contributed by atoms with van der Waals surface area (Å²) < 4.78 is 31.3. The Balaban J connectivity index is 2.65. The number of fused-ring (bicyclic) bond motifs is 1. The van der Waals surface area contributed by atoms with Crippen molar-refractivity contribution in [3.05, 3.63) is 17.7 Å². The summed E-state index contributed by atoms with van der Waals surface area (Å²) in [6.45, 7) is 1.68. The standard InChI is InChI=1S/C8H10N2O4S/c1-4(9)7-5(10)2-3-6-8(7)14-15(11,12)13-6/h2-4H,9-10H2,1H3. The second-order valence-corrected chi connectivity index (χ2v) is 4.41. The lowest BCUT2D eigenvalue weighted by Gasteiger charge is -2.10. The summed E-state index contributed by atoms with van der Waals surface area (Å²) in [5.41, 5.74) is 12.2. The van der Waals surface area contributed by atoms with Crippen molar-refractivity contribution < 1.29 is 16.8 Å². The smallest absolute Gasteiger partial charge is 0.398 e. The van der Waals surface area contributed by atoms with Gasteiger partial charge >= 0.3 is 10.4 Å². The SMILES string of the molecule is CC(N)c1c(N)ccc2c1OS(=O)(=O)O2. The second-order valence-electron chi connectivity index (χ2n) is 3.26. The first-order chi connectivity index (χ1) is 6.91. The number of rotatable bonds is 1. The van der Waals surface area contributed by atoms with Crippen molar-refractivity contribution in [1.29, 1.82) is 0 Å². The van der Waals surface area contributed by atoms with Gasteiger partial charge in [0.15, 0.2) is 11.5 Å². The molecule has 0 amide bonds. The Labute approximate surface area is 87.1 Å². The first-order valence-electron chi connectivity index (χ1n) is 4.22. The van der Waals surface area contributed by atoms with Crippen LogP contribution in [0.15, 0.2) is 12.1 Å². The van der Waals surface area contributed by atoms with Crippen LogP contribution in [0.5, 0.6) is 11.5 Å². The lowest BCUT2D eigenvalue weighted by molar-refractivity contribution is 0.435. The van der Waals surface area contributed by atoms with E-state index in [1.54, 1.807) is 6.92 Å². The Kier molecular flexibility index (Phi) is 2.02. The summed E-state index contributed by atoms with van der Waals surface area (Å²) in [5, 5.41) is 0. The topological polar surface area (TPSA) is 105 Å². The number of benzene rings is 1. The van der Waals surface area contributed by atoms with Crippen LogP contribution in [0, 0.1) is 0 Å². The van der Waals surface area contributed by atoms with Crippen LogP contribution in [-0.4, -0.2) is 8.42 Å². The molecule has 0 bridgehead atoms. The minimum atomic E-state index is -3.99. The molecule has 2 rings (SSSR count). The van der Waals surface area contributed by atoms with Crippen LogP contribution >= 0.6 is 0 Å². The zero-order valence-corrected chi connectivity index (χ0v) is 8.74. The van der Waals surface area contributed by atoms with E-state index >= 15 is 0 Å². The van der Waals surface area contributed by atoms with Crippen molar-refractivity contribution in [3.63, 3.8) is 0 Å². The van der Waals surface area contributed by atoms with Crippen LogP contribution in [0.25, 0.3) is 0 Å². The molecule has 82 valence electrons. The third-order valence-corrected chi connectivity index (χ3v) is 2.78. The van der Waals surface area contributed by atoms with Gasteiger partial charge in [-0.05, 0) is 19.1 Å². The molecule has 0 fully saturated rings.